The number of carbonyl (C=O) groups is 2. The fraction of sp³-hybridized carbons (Fsp3) is 0.353. The summed E-state index contributed by atoms with van der Waals surface area (Å²) in [5.41, 5.74) is 1.25. The first-order valence-electron chi connectivity index (χ1n) is 8.47. The molecule has 0 radical (unpaired) electrons. The molecular formula is C17H16ClN5O4. The van der Waals surface area contributed by atoms with E-state index in [2.05, 4.69) is 15.3 Å². The average molecular weight is 390 g/mol. The van der Waals surface area contributed by atoms with Gasteiger partial charge in [-0.2, -0.15) is 0 Å². The number of halogens is 1. The van der Waals surface area contributed by atoms with Crippen molar-refractivity contribution in [3.63, 3.8) is 0 Å². The van der Waals surface area contributed by atoms with Gasteiger partial charge in [0.05, 0.1) is 6.20 Å². The largest absolute Gasteiger partial charge is 0.476 e. The van der Waals surface area contributed by atoms with Crippen molar-refractivity contribution >= 4 is 34.6 Å². The smallest absolute Gasteiger partial charge is 0.358 e. The van der Waals surface area contributed by atoms with Gasteiger partial charge in [0.15, 0.2) is 17.2 Å². The van der Waals surface area contributed by atoms with Crippen LogP contribution >= 0.6 is 11.6 Å². The van der Waals surface area contributed by atoms with Crippen LogP contribution in [0.3, 0.4) is 0 Å². The van der Waals surface area contributed by atoms with Gasteiger partial charge in [0.2, 0.25) is 5.91 Å². The summed E-state index contributed by atoms with van der Waals surface area (Å²) in [6, 6.07) is 5.34. The molecule has 0 atom stereocenters. The number of oxazole rings is 1. The summed E-state index contributed by atoms with van der Waals surface area (Å²) in [6.07, 6.45) is 2.73. The number of benzene rings is 1. The SMILES string of the molecule is O=C(O)c1cn(CC(=O)N2CCC(c3nc4cc(Cl)ccc4o3)CC2)nn1. The minimum Gasteiger partial charge on any atom is -0.476 e. The zero-order valence-electron chi connectivity index (χ0n) is 14.2. The Labute approximate surface area is 158 Å². The van der Waals surface area contributed by atoms with Gasteiger partial charge in [0.1, 0.15) is 12.1 Å². The lowest BCUT2D eigenvalue weighted by atomic mass is 9.97. The number of fused-ring (bicyclic) bond motifs is 1. The summed E-state index contributed by atoms with van der Waals surface area (Å²) in [5, 5.41) is 16.6. The summed E-state index contributed by atoms with van der Waals surface area (Å²) in [5.74, 6) is -0.485. The van der Waals surface area contributed by atoms with Crippen molar-refractivity contribution in [2.24, 2.45) is 0 Å². The average Bonchev–Trinajstić information content (AvgIpc) is 3.28. The molecule has 3 heterocycles. The lowest BCUT2D eigenvalue weighted by Crippen LogP contribution is -2.39. The second-order valence-electron chi connectivity index (χ2n) is 6.43. The Bertz CT molecular complexity index is 1010. The van der Waals surface area contributed by atoms with Crippen LogP contribution in [0.2, 0.25) is 5.02 Å². The first-order chi connectivity index (χ1) is 13.0. The molecular weight excluding hydrogens is 374 g/mol. The second kappa shape index (κ2) is 6.99. The number of carbonyl (C=O) groups excluding carboxylic acids is 1. The Morgan fingerprint density at radius 2 is 2.07 bits per heavy atom. The van der Waals surface area contributed by atoms with Crippen LogP contribution in [0, 0.1) is 0 Å². The number of amides is 1. The maximum absolute atomic E-state index is 12.4. The predicted molar refractivity (Wildman–Crippen MR) is 94.6 cm³/mol. The van der Waals surface area contributed by atoms with Crippen LogP contribution in [-0.4, -0.2) is 55.0 Å². The number of rotatable bonds is 4. The van der Waals surface area contributed by atoms with Crippen LogP contribution in [0.25, 0.3) is 11.1 Å². The molecule has 27 heavy (non-hydrogen) atoms. The maximum atomic E-state index is 12.4. The number of aromatic nitrogens is 4. The highest BCUT2D eigenvalue weighted by Crippen LogP contribution is 2.30. The van der Waals surface area contributed by atoms with Crippen molar-refractivity contribution in [1.82, 2.24) is 24.9 Å². The summed E-state index contributed by atoms with van der Waals surface area (Å²) in [6.45, 7) is 1.11. The van der Waals surface area contributed by atoms with Crippen LogP contribution in [0.15, 0.2) is 28.8 Å². The van der Waals surface area contributed by atoms with Gasteiger partial charge in [-0.05, 0) is 31.0 Å². The monoisotopic (exact) mass is 389 g/mol. The number of likely N-dealkylation sites (tertiary alicyclic amines) is 1. The Morgan fingerprint density at radius 3 is 2.78 bits per heavy atom. The third-order valence-electron chi connectivity index (χ3n) is 4.62. The molecule has 10 heteroatoms. The van der Waals surface area contributed by atoms with E-state index in [4.69, 9.17) is 21.1 Å². The second-order valence-corrected chi connectivity index (χ2v) is 6.86. The summed E-state index contributed by atoms with van der Waals surface area (Å²) in [4.78, 5) is 29.5. The topological polar surface area (TPSA) is 114 Å². The molecule has 140 valence electrons. The van der Waals surface area contributed by atoms with Gasteiger partial charge in [-0.3, -0.25) is 4.79 Å². The zero-order chi connectivity index (χ0) is 19.0. The van der Waals surface area contributed by atoms with Crippen molar-refractivity contribution in [2.45, 2.75) is 25.3 Å². The van der Waals surface area contributed by atoms with E-state index in [1.165, 1.54) is 10.9 Å². The molecule has 0 spiro atoms. The summed E-state index contributed by atoms with van der Waals surface area (Å²) in [7, 11) is 0. The molecule has 4 rings (SSSR count). The molecule has 1 aromatic carbocycles. The molecule has 1 aliphatic rings. The highest BCUT2D eigenvalue weighted by molar-refractivity contribution is 6.31. The Balaban J connectivity index is 1.37. The molecule has 1 N–H and O–H groups in total. The highest BCUT2D eigenvalue weighted by atomic mass is 35.5. The predicted octanol–water partition coefficient (Wildman–Crippen LogP) is 2.18. The third-order valence-corrected chi connectivity index (χ3v) is 4.85. The minimum atomic E-state index is -1.17. The van der Waals surface area contributed by atoms with Gasteiger partial charge in [-0.1, -0.05) is 16.8 Å². The number of piperidine rings is 1. The van der Waals surface area contributed by atoms with E-state index in [0.29, 0.717) is 29.6 Å². The first kappa shape index (κ1) is 17.5. The number of carboxylic acid groups (broad SMARTS) is 1. The van der Waals surface area contributed by atoms with Crippen LogP contribution in [0.1, 0.15) is 35.1 Å². The normalized spacial score (nSPS) is 15.4. The van der Waals surface area contributed by atoms with E-state index in [0.717, 1.165) is 18.4 Å². The Hall–Kier alpha value is -2.94. The molecule has 0 saturated carbocycles. The number of nitrogens with zero attached hydrogens (tertiary/aromatic N) is 5. The molecule has 0 bridgehead atoms. The minimum absolute atomic E-state index is 0.0354. The van der Waals surface area contributed by atoms with Gasteiger partial charge in [-0.25, -0.2) is 14.5 Å². The van der Waals surface area contributed by atoms with Gasteiger partial charge in [0.25, 0.3) is 0 Å². The van der Waals surface area contributed by atoms with Crippen molar-refractivity contribution in [2.75, 3.05) is 13.1 Å². The quantitative estimate of drug-likeness (QED) is 0.727. The standard InChI is InChI=1S/C17H16ClN5O4/c18-11-1-2-14-12(7-11)19-16(27-14)10-3-5-22(6-4-10)15(24)9-23-8-13(17(25)26)20-21-23/h1-2,7-8,10H,3-6,9H2,(H,25,26). The first-order valence-corrected chi connectivity index (χ1v) is 8.84. The van der Waals surface area contributed by atoms with E-state index < -0.39 is 5.97 Å². The van der Waals surface area contributed by atoms with E-state index in [-0.39, 0.29) is 24.1 Å². The fourth-order valence-electron chi connectivity index (χ4n) is 3.18. The molecule has 1 amide bonds. The van der Waals surface area contributed by atoms with E-state index in [1.54, 1.807) is 23.1 Å². The third kappa shape index (κ3) is 3.63. The maximum Gasteiger partial charge on any atom is 0.358 e. The summed E-state index contributed by atoms with van der Waals surface area (Å²) >= 11 is 5.98. The lowest BCUT2D eigenvalue weighted by Gasteiger charge is -2.30. The number of aromatic carboxylic acids is 1. The Morgan fingerprint density at radius 1 is 1.30 bits per heavy atom. The molecule has 0 unspecified atom stereocenters. The molecule has 0 aliphatic carbocycles. The van der Waals surface area contributed by atoms with Crippen LogP contribution in [0.5, 0.6) is 0 Å². The van der Waals surface area contributed by atoms with Crippen LogP contribution in [-0.2, 0) is 11.3 Å². The zero-order valence-corrected chi connectivity index (χ0v) is 15.0. The highest BCUT2D eigenvalue weighted by Gasteiger charge is 2.27. The van der Waals surface area contributed by atoms with Crippen LogP contribution in [0.4, 0.5) is 0 Å². The molecule has 9 nitrogen and oxygen atoms in total. The van der Waals surface area contributed by atoms with E-state index >= 15 is 0 Å². The molecule has 1 fully saturated rings. The van der Waals surface area contributed by atoms with Crippen molar-refractivity contribution < 1.29 is 19.1 Å². The number of carboxylic acids is 1. The number of hydrogen-bond donors (Lipinski definition) is 1. The molecule has 1 saturated heterocycles. The van der Waals surface area contributed by atoms with Crippen molar-refractivity contribution in [1.29, 1.82) is 0 Å². The Kier molecular flexibility index (Phi) is 4.53. The van der Waals surface area contributed by atoms with E-state index in [1.807, 2.05) is 0 Å². The summed E-state index contributed by atoms with van der Waals surface area (Å²) < 4.78 is 7.07. The van der Waals surface area contributed by atoms with Gasteiger partial charge in [-0.15, -0.1) is 5.10 Å². The lowest BCUT2D eigenvalue weighted by molar-refractivity contribution is -0.133. The molecule has 1 aliphatic heterocycles. The van der Waals surface area contributed by atoms with Crippen molar-refractivity contribution in [3.05, 3.63) is 41.0 Å². The van der Waals surface area contributed by atoms with Gasteiger partial charge in [0, 0.05) is 24.0 Å². The van der Waals surface area contributed by atoms with E-state index in [9.17, 15) is 9.59 Å². The van der Waals surface area contributed by atoms with Gasteiger partial charge >= 0.3 is 5.97 Å². The van der Waals surface area contributed by atoms with Crippen LogP contribution < -0.4 is 0 Å². The molecule has 3 aromatic rings. The fourth-order valence-corrected chi connectivity index (χ4v) is 3.35. The number of hydrogen-bond acceptors (Lipinski definition) is 6. The van der Waals surface area contributed by atoms with Gasteiger partial charge < -0.3 is 14.4 Å². The van der Waals surface area contributed by atoms with Crippen molar-refractivity contribution in [3.8, 4) is 0 Å². The molecule has 2 aromatic heterocycles.